The maximum atomic E-state index is 3.61. The zero-order valence-corrected chi connectivity index (χ0v) is 15.6. The number of unbranched alkanes of at least 4 members (excludes halogenated alkanes) is 1. The smallest absolute Gasteiger partial charge is 0.00618 e. The van der Waals surface area contributed by atoms with E-state index in [1.54, 1.807) is 0 Å². The van der Waals surface area contributed by atoms with E-state index < -0.39 is 0 Å². The molecular weight excluding hydrogens is 272 g/mol. The van der Waals surface area contributed by atoms with Crippen LogP contribution < -0.4 is 21.3 Å². The van der Waals surface area contributed by atoms with E-state index in [1.807, 2.05) is 0 Å². The summed E-state index contributed by atoms with van der Waals surface area (Å²) in [5, 5.41) is 14.1. The molecule has 0 aromatic carbocycles. The van der Waals surface area contributed by atoms with Crippen LogP contribution in [-0.2, 0) is 0 Å². The van der Waals surface area contributed by atoms with Gasteiger partial charge in [-0.1, -0.05) is 27.7 Å². The topological polar surface area (TPSA) is 48.1 Å². The van der Waals surface area contributed by atoms with Crippen LogP contribution in [0.5, 0.6) is 0 Å². The van der Waals surface area contributed by atoms with Gasteiger partial charge in [0.2, 0.25) is 0 Å². The van der Waals surface area contributed by atoms with Gasteiger partial charge >= 0.3 is 0 Å². The summed E-state index contributed by atoms with van der Waals surface area (Å²) in [4.78, 5) is 0. The van der Waals surface area contributed by atoms with Crippen LogP contribution in [0.3, 0.4) is 0 Å². The maximum Gasteiger partial charge on any atom is 0.00618 e. The highest BCUT2D eigenvalue weighted by Crippen LogP contribution is 1.95. The van der Waals surface area contributed by atoms with Crippen molar-refractivity contribution in [1.29, 1.82) is 0 Å². The third kappa shape index (κ3) is 16.2. The van der Waals surface area contributed by atoms with E-state index in [4.69, 9.17) is 0 Å². The first kappa shape index (κ1) is 21.8. The Hall–Kier alpha value is -0.160. The van der Waals surface area contributed by atoms with Crippen LogP contribution in [0, 0.1) is 0 Å². The minimum absolute atomic E-state index is 0.608. The molecule has 0 aromatic heterocycles. The maximum absolute atomic E-state index is 3.61. The number of nitrogens with one attached hydrogen (secondary N) is 4. The number of rotatable bonds is 17. The fourth-order valence-electron chi connectivity index (χ4n) is 2.45. The molecule has 0 aliphatic carbocycles. The first-order valence-corrected chi connectivity index (χ1v) is 9.58. The second-order valence-corrected chi connectivity index (χ2v) is 6.49. The lowest BCUT2D eigenvalue weighted by Crippen LogP contribution is -2.30. The standard InChI is InChI=1S/C18H42N4/c1-5-18(6-2)22-16-10-14-20-12-8-7-11-19-13-9-15-21-17(3)4/h17-22H,5-16H2,1-4H3. The predicted octanol–water partition coefficient (Wildman–Crippen LogP) is 2.50. The molecule has 4 heteroatoms. The number of hydrogen-bond acceptors (Lipinski definition) is 4. The Morgan fingerprint density at radius 3 is 1.50 bits per heavy atom. The van der Waals surface area contributed by atoms with Gasteiger partial charge < -0.3 is 21.3 Å². The zero-order valence-electron chi connectivity index (χ0n) is 15.6. The third-order valence-corrected chi connectivity index (χ3v) is 3.99. The molecule has 0 atom stereocenters. The minimum atomic E-state index is 0.608. The summed E-state index contributed by atoms with van der Waals surface area (Å²) in [5.41, 5.74) is 0. The Balaban J connectivity index is 3.05. The van der Waals surface area contributed by atoms with E-state index in [-0.39, 0.29) is 0 Å². The van der Waals surface area contributed by atoms with Gasteiger partial charge in [0.25, 0.3) is 0 Å². The fourth-order valence-corrected chi connectivity index (χ4v) is 2.45. The molecule has 0 rings (SSSR count). The summed E-state index contributed by atoms with van der Waals surface area (Å²) in [6.45, 7) is 15.8. The Labute approximate surface area is 139 Å². The van der Waals surface area contributed by atoms with Crippen molar-refractivity contribution >= 4 is 0 Å². The van der Waals surface area contributed by atoms with Crippen LogP contribution >= 0.6 is 0 Å². The highest BCUT2D eigenvalue weighted by atomic mass is 14.9. The van der Waals surface area contributed by atoms with E-state index in [0.717, 1.165) is 39.3 Å². The molecule has 134 valence electrons. The average Bonchev–Trinajstić information content (AvgIpc) is 2.51. The molecule has 0 aliphatic rings. The second kappa shape index (κ2) is 17.2. The lowest BCUT2D eigenvalue weighted by atomic mass is 10.2. The molecule has 4 N–H and O–H groups in total. The molecule has 22 heavy (non-hydrogen) atoms. The van der Waals surface area contributed by atoms with Crippen molar-refractivity contribution in [3.63, 3.8) is 0 Å². The van der Waals surface area contributed by atoms with Gasteiger partial charge in [-0.25, -0.2) is 0 Å². The highest BCUT2D eigenvalue weighted by Gasteiger charge is 2.00. The second-order valence-electron chi connectivity index (χ2n) is 6.49. The molecule has 0 saturated carbocycles. The van der Waals surface area contributed by atoms with Crippen molar-refractivity contribution in [3.05, 3.63) is 0 Å². The van der Waals surface area contributed by atoms with Gasteiger partial charge in [0.05, 0.1) is 0 Å². The van der Waals surface area contributed by atoms with Crippen LogP contribution in [0.4, 0.5) is 0 Å². The summed E-state index contributed by atoms with van der Waals surface area (Å²) >= 11 is 0. The highest BCUT2D eigenvalue weighted by molar-refractivity contribution is 4.62. The lowest BCUT2D eigenvalue weighted by molar-refractivity contribution is 0.470. The molecule has 0 aromatic rings. The third-order valence-electron chi connectivity index (χ3n) is 3.99. The number of hydrogen-bond donors (Lipinski definition) is 4. The molecule has 0 radical (unpaired) electrons. The van der Waals surface area contributed by atoms with Gasteiger partial charge in [0.15, 0.2) is 0 Å². The van der Waals surface area contributed by atoms with Crippen LogP contribution in [0.2, 0.25) is 0 Å². The SMILES string of the molecule is CCC(CC)NCCCNCCCCNCCCNC(C)C. The minimum Gasteiger partial charge on any atom is -0.317 e. The van der Waals surface area contributed by atoms with Crippen LogP contribution in [0.1, 0.15) is 66.2 Å². The average molecular weight is 315 g/mol. The first-order chi connectivity index (χ1) is 10.7. The van der Waals surface area contributed by atoms with Crippen molar-refractivity contribution < 1.29 is 0 Å². The van der Waals surface area contributed by atoms with Crippen molar-refractivity contribution in [2.45, 2.75) is 78.3 Å². The van der Waals surface area contributed by atoms with E-state index >= 15 is 0 Å². The molecule has 4 nitrogen and oxygen atoms in total. The van der Waals surface area contributed by atoms with Gasteiger partial charge in [0.1, 0.15) is 0 Å². The Kier molecular flexibility index (Phi) is 17.1. The van der Waals surface area contributed by atoms with Gasteiger partial charge in [-0.2, -0.15) is 0 Å². The van der Waals surface area contributed by atoms with E-state index in [0.29, 0.717) is 12.1 Å². The monoisotopic (exact) mass is 314 g/mol. The summed E-state index contributed by atoms with van der Waals surface area (Å²) in [6, 6.07) is 1.32. The van der Waals surface area contributed by atoms with Crippen molar-refractivity contribution in [1.82, 2.24) is 21.3 Å². The molecule has 0 amide bonds. The Morgan fingerprint density at radius 2 is 1.05 bits per heavy atom. The van der Waals surface area contributed by atoms with E-state index in [9.17, 15) is 0 Å². The largest absolute Gasteiger partial charge is 0.317 e. The molecule has 0 fully saturated rings. The van der Waals surface area contributed by atoms with Crippen LogP contribution in [-0.4, -0.2) is 51.4 Å². The van der Waals surface area contributed by atoms with Gasteiger partial charge in [-0.05, 0) is 77.8 Å². The van der Waals surface area contributed by atoms with Gasteiger partial charge in [0, 0.05) is 12.1 Å². The van der Waals surface area contributed by atoms with Crippen molar-refractivity contribution in [2.75, 3.05) is 39.3 Å². The molecule has 0 unspecified atom stereocenters. The summed E-state index contributed by atoms with van der Waals surface area (Å²) < 4.78 is 0. The van der Waals surface area contributed by atoms with Gasteiger partial charge in [-0.15, -0.1) is 0 Å². The predicted molar refractivity (Wildman–Crippen MR) is 99.7 cm³/mol. The molecular formula is C18H42N4. The van der Waals surface area contributed by atoms with Crippen LogP contribution in [0.15, 0.2) is 0 Å². The van der Waals surface area contributed by atoms with Gasteiger partial charge in [-0.3, -0.25) is 0 Å². The summed E-state index contributed by atoms with van der Waals surface area (Å²) in [7, 11) is 0. The van der Waals surface area contributed by atoms with E-state index in [2.05, 4.69) is 49.0 Å². The normalized spacial score (nSPS) is 11.7. The molecule has 0 aliphatic heterocycles. The van der Waals surface area contributed by atoms with Crippen molar-refractivity contribution in [3.8, 4) is 0 Å². The van der Waals surface area contributed by atoms with Crippen LogP contribution in [0.25, 0.3) is 0 Å². The zero-order chi connectivity index (χ0) is 16.5. The molecule has 0 bridgehead atoms. The lowest BCUT2D eigenvalue weighted by Gasteiger charge is -2.14. The molecule has 0 heterocycles. The fraction of sp³-hybridized carbons (Fsp3) is 1.00. The quantitative estimate of drug-likeness (QED) is 0.312. The molecule has 0 saturated heterocycles. The summed E-state index contributed by atoms with van der Waals surface area (Å²) in [5.74, 6) is 0. The van der Waals surface area contributed by atoms with Crippen molar-refractivity contribution in [2.24, 2.45) is 0 Å². The first-order valence-electron chi connectivity index (χ1n) is 9.58. The Bertz CT molecular complexity index is 205. The summed E-state index contributed by atoms with van der Waals surface area (Å²) in [6.07, 6.45) is 7.49. The Morgan fingerprint density at radius 1 is 0.591 bits per heavy atom. The molecule has 0 spiro atoms. The van der Waals surface area contributed by atoms with E-state index in [1.165, 1.54) is 38.5 Å².